The van der Waals surface area contributed by atoms with E-state index < -0.39 is 23.8 Å². The van der Waals surface area contributed by atoms with Crippen molar-refractivity contribution in [2.45, 2.75) is 38.4 Å². The van der Waals surface area contributed by atoms with Crippen molar-refractivity contribution in [1.29, 1.82) is 0 Å². The molecule has 3 aliphatic rings. The minimum atomic E-state index is -0.755. The van der Waals surface area contributed by atoms with Gasteiger partial charge in [0.25, 0.3) is 0 Å². The van der Waals surface area contributed by atoms with Crippen molar-refractivity contribution >= 4 is 12.1 Å². The Balaban J connectivity index is 1.44. The second-order valence-electron chi connectivity index (χ2n) is 7.68. The highest BCUT2D eigenvalue weighted by molar-refractivity contribution is 5.85. The summed E-state index contributed by atoms with van der Waals surface area (Å²) in [5.41, 5.74) is 1.04. The van der Waals surface area contributed by atoms with Crippen LogP contribution >= 0.6 is 0 Å². The molecule has 1 amide bonds. The van der Waals surface area contributed by atoms with E-state index in [1.54, 1.807) is 24.3 Å². The third-order valence-corrected chi connectivity index (χ3v) is 5.04. The number of hydrogen-bond acceptors (Lipinski definition) is 6. The van der Waals surface area contributed by atoms with Crippen LogP contribution in [0.1, 0.15) is 25.0 Å². The van der Waals surface area contributed by atoms with Crippen LogP contribution in [0.2, 0.25) is 0 Å². The summed E-state index contributed by atoms with van der Waals surface area (Å²) in [5.74, 6) is 1.38. The maximum absolute atomic E-state index is 12.3. The van der Waals surface area contributed by atoms with Gasteiger partial charge in [-0.15, -0.1) is 0 Å². The first-order valence-corrected chi connectivity index (χ1v) is 9.77. The summed E-state index contributed by atoms with van der Waals surface area (Å²) in [6.07, 6.45) is 11.9. The molecule has 7 heteroatoms. The molecule has 0 spiro atoms. The predicted octanol–water partition coefficient (Wildman–Crippen LogP) is 3.50. The summed E-state index contributed by atoms with van der Waals surface area (Å²) >= 11 is 0. The normalized spacial score (nSPS) is 21.3. The van der Waals surface area contributed by atoms with Crippen LogP contribution in [0.25, 0.3) is 0 Å². The van der Waals surface area contributed by atoms with Crippen LogP contribution in [0.4, 0.5) is 4.79 Å². The molecular formula is C23H23NO6. The third-order valence-electron chi connectivity index (χ3n) is 5.04. The average molecular weight is 409 g/mol. The summed E-state index contributed by atoms with van der Waals surface area (Å²) in [7, 11) is 0. The lowest BCUT2D eigenvalue weighted by atomic mass is 9.89. The third kappa shape index (κ3) is 4.40. The predicted molar refractivity (Wildman–Crippen MR) is 109 cm³/mol. The van der Waals surface area contributed by atoms with E-state index in [-0.39, 0.29) is 0 Å². The number of nitrogens with one attached hydrogen (secondary N) is 1. The van der Waals surface area contributed by atoms with E-state index in [0.717, 1.165) is 11.1 Å². The quantitative estimate of drug-likeness (QED) is 0.608. The Morgan fingerprint density at radius 2 is 2.10 bits per heavy atom. The van der Waals surface area contributed by atoms with Gasteiger partial charge in [-0.1, -0.05) is 12.2 Å². The molecule has 0 saturated carbocycles. The molecule has 0 bridgehead atoms. The molecule has 1 N–H and O–H groups in total. The first kappa shape index (κ1) is 19.8. The van der Waals surface area contributed by atoms with Crippen LogP contribution in [0.5, 0.6) is 11.5 Å². The highest BCUT2D eigenvalue weighted by Gasteiger charge is 2.40. The molecule has 0 aliphatic carbocycles. The fourth-order valence-corrected chi connectivity index (χ4v) is 3.44. The Labute approximate surface area is 174 Å². The van der Waals surface area contributed by atoms with Gasteiger partial charge in [-0.25, -0.2) is 9.59 Å². The lowest BCUT2D eigenvalue weighted by Crippen LogP contribution is -2.49. The first-order valence-electron chi connectivity index (χ1n) is 9.77. The number of alkyl carbamates (subject to hydrolysis) is 1. The maximum atomic E-state index is 12.3. The van der Waals surface area contributed by atoms with Gasteiger partial charge >= 0.3 is 12.1 Å². The zero-order chi connectivity index (χ0) is 21.1. The van der Waals surface area contributed by atoms with Gasteiger partial charge in [-0.2, -0.15) is 0 Å². The molecule has 0 unspecified atom stereocenters. The van der Waals surface area contributed by atoms with Gasteiger partial charge in [0, 0.05) is 24.8 Å². The lowest BCUT2D eigenvalue weighted by Gasteiger charge is -2.39. The van der Waals surface area contributed by atoms with Crippen LogP contribution in [0.3, 0.4) is 0 Å². The van der Waals surface area contributed by atoms with Crippen molar-refractivity contribution in [3.05, 3.63) is 71.7 Å². The van der Waals surface area contributed by atoms with E-state index >= 15 is 0 Å². The number of amides is 1. The standard InChI is InChI=1S/C23H23NO6/c1-23(2)20(29-22(26)24-10-9-17-7-3-4-11-27-17)13-16-12-15-6-5-8-21(25)28-18(15)14-19(16)30-23/h3-5,7-10,12,14,20H,6,11,13H2,1-2H3,(H,24,26)/b10-9+/t20-/m1/s1. The summed E-state index contributed by atoms with van der Waals surface area (Å²) in [4.78, 5) is 24.0. The lowest BCUT2D eigenvalue weighted by molar-refractivity contribution is -0.128. The molecule has 156 valence electrons. The molecule has 3 heterocycles. The summed E-state index contributed by atoms with van der Waals surface area (Å²) < 4.78 is 22.5. The number of ether oxygens (including phenoxy) is 4. The highest BCUT2D eigenvalue weighted by Crippen LogP contribution is 2.39. The molecular weight excluding hydrogens is 386 g/mol. The van der Waals surface area contributed by atoms with E-state index in [9.17, 15) is 9.59 Å². The average Bonchev–Trinajstić information content (AvgIpc) is 2.87. The van der Waals surface area contributed by atoms with Gasteiger partial charge in [0.15, 0.2) is 0 Å². The Morgan fingerprint density at radius 3 is 2.90 bits per heavy atom. The SMILES string of the molecule is CC1(C)Oc2cc3c(cc2C[C@H]1OC(=O)N/C=C/C1=CC=CCO1)CC=CC(=O)O3. The number of allylic oxidation sites excluding steroid dienone is 4. The van der Waals surface area contributed by atoms with E-state index in [1.807, 2.05) is 32.1 Å². The fraction of sp³-hybridized carbons (Fsp3) is 0.304. The molecule has 0 aromatic heterocycles. The van der Waals surface area contributed by atoms with Crippen LogP contribution in [0.15, 0.2) is 60.5 Å². The van der Waals surface area contributed by atoms with Crippen LogP contribution < -0.4 is 14.8 Å². The number of carbonyl (C=O) groups excluding carboxylic acids is 2. The van der Waals surface area contributed by atoms with Gasteiger partial charge < -0.3 is 18.9 Å². The molecule has 0 fully saturated rings. The van der Waals surface area contributed by atoms with Crippen molar-refractivity contribution in [3.63, 3.8) is 0 Å². The number of rotatable bonds is 3. The molecule has 1 aromatic rings. The minimum absolute atomic E-state index is 0.403. The topological polar surface area (TPSA) is 83.1 Å². The molecule has 0 saturated heterocycles. The number of fused-ring (bicyclic) bond motifs is 2. The van der Waals surface area contributed by atoms with Crippen LogP contribution in [0, 0.1) is 0 Å². The summed E-state index contributed by atoms with van der Waals surface area (Å²) in [6, 6.07) is 3.68. The minimum Gasteiger partial charge on any atom is -0.489 e. The van der Waals surface area contributed by atoms with Gasteiger partial charge in [0.05, 0.1) is 0 Å². The van der Waals surface area contributed by atoms with Gasteiger partial charge in [-0.05, 0) is 55.7 Å². The van der Waals surface area contributed by atoms with E-state index in [2.05, 4.69) is 5.32 Å². The van der Waals surface area contributed by atoms with Crippen molar-refractivity contribution in [2.24, 2.45) is 0 Å². The Kier molecular flexibility index (Phi) is 5.35. The number of esters is 1. The van der Waals surface area contributed by atoms with E-state index in [4.69, 9.17) is 18.9 Å². The number of hydrogen-bond donors (Lipinski definition) is 1. The Hall–Kier alpha value is -3.48. The largest absolute Gasteiger partial charge is 0.489 e. The maximum Gasteiger partial charge on any atom is 0.411 e. The highest BCUT2D eigenvalue weighted by atomic mass is 16.6. The Bertz CT molecular complexity index is 986. The van der Waals surface area contributed by atoms with Crippen molar-refractivity contribution < 1.29 is 28.5 Å². The van der Waals surface area contributed by atoms with E-state index in [0.29, 0.717) is 36.7 Å². The van der Waals surface area contributed by atoms with E-state index in [1.165, 1.54) is 12.3 Å². The fourth-order valence-electron chi connectivity index (χ4n) is 3.44. The molecule has 4 rings (SSSR count). The van der Waals surface area contributed by atoms with Gasteiger partial charge in [0.1, 0.15) is 35.6 Å². The van der Waals surface area contributed by atoms with Crippen LogP contribution in [-0.2, 0) is 27.1 Å². The molecule has 0 radical (unpaired) electrons. The first-order chi connectivity index (χ1) is 14.4. The zero-order valence-corrected chi connectivity index (χ0v) is 16.8. The Morgan fingerprint density at radius 1 is 1.23 bits per heavy atom. The zero-order valence-electron chi connectivity index (χ0n) is 16.8. The monoisotopic (exact) mass is 409 g/mol. The number of carbonyl (C=O) groups is 2. The van der Waals surface area contributed by atoms with Crippen molar-refractivity contribution in [1.82, 2.24) is 5.32 Å². The second kappa shape index (κ2) is 8.10. The number of benzene rings is 1. The summed E-state index contributed by atoms with van der Waals surface area (Å²) in [5, 5.41) is 2.59. The second-order valence-corrected chi connectivity index (χ2v) is 7.68. The molecule has 3 aliphatic heterocycles. The smallest absolute Gasteiger partial charge is 0.411 e. The molecule has 7 nitrogen and oxygen atoms in total. The molecule has 30 heavy (non-hydrogen) atoms. The van der Waals surface area contributed by atoms with Gasteiger partial charge in [0.2, 0.25) is 0 Å². The summed E-state index contributed by atoms with van der Waals surface area (Å²) in [6.45, 7) is 4.22. The van der Waals surface area contributed by atoms with Gasteiger partial charge in [-0.3, -0.25) is 5.32 Å². The van der Waals surface area contributed by atoms with Crippen molar-refractivity contribution in [2.75, 3.05) is 6.61 Å². The molecule has 1 aromatic carbocycles. The van der Waals surface area contributed by atoms with Crippen molar-refractivity contribution in [3.8, 4) is 11.5 Å². The van der Waals surface area contributed by atoms with Crippen LogP contribution in [-0.4, -0.2) is 30.4 Å². The molecule has 1 atom stereocenters.